The second kappa shape index (κ2) is 5.87. The minimum atomic E-state index is -0.925. The first-order valence-corrected chi connectivity index (χ1v) is 6.35. The Kier molecular flexibility index (Phi) is 4.20. The molecule has 2 rings (SSSR count). The van der Waals surface area contributed by atoms with Crippen LogP contribution in [0.3, 0.4) is 0 Å². The monoisotopic (exact) mass is 257 g/mol. The van der Waals surface area contributed by atoms with Gasteiger partial charge in [0.1, 0.15) is 5.75 Å². The normalized spacial score (nSPS) is 14.0. The first-order valence-electron chi connectivity index (χ1n) is 6.35. The van der Waals surface area contributed by atoms with Gasteiger partial charge >= 0.3 is 0 Å². The van der Waals surface area contributed by atoms with E-state index in [1.807, 2.05) is 42.5 Å². The lowest BCUT2D eigenvalue weighted by Crippen LogP contribution is -2.35. The maximum absolute atomic E-state index is 10.4. The van der Waals surface area contributed by atoms with Crippen molar-refractivity contribution in [2.45, 2.75) is 19.1 Å². The highest BCUT2D eigenvalue weighted by Gasteiger charge is 2.21. The number of aliphatic hydroxyl groups is 1. The van der Waals surface area contributed by atoms with Crippen molar-refractivity contribution in [1.82, 2.24) is 5.32 Å². The van der Waals surface area contributed by atoms with Crippen LogP contribution in [-0.4, -0.2) is 16.8 Å². The second-order valence-corrected chi connectivity index (χ2v) is 4.87. The molecule has 19 heavy (non-hydrogen) atoms. The van der Waals surface area contributed by atoms with E-state index in [-0.39, 0.29) is 5.75 Å². The van der Waals surface area contributed by atoms with E-state index < -0.39 is 5.60 Å². The maximum Gasteiger partial charge on any atom is 0.120 e. The van der Waals surface area contributed by atoms with Crippen molar-refractivity contribution in [3.63, 3.8) is 0 Å². The van der Waals surface area contributed by atoms with Gasteiger partial charge in [-0.1, -0.05) is 48.5 Å². The summed E-state index contributed by atoms with van der Waals surface area (Å²) in [6, 6.07) is 16.7. The summed E-state index contributed by atoms with van der Waals surface area (Å²) in [4.78, 5) is 0. The van der Waals surface area contributed by atoms with E-state index in [9.17, 15) is 10.2 Å². The zero-order chi connectivity index (χ0) is 13.7. The lowest BCUT2D eigenvalue weighted by molar-refractivity contribution is 0.0566. The Morgan fingerprint density at radius 2 is 1.63 bits per heavy atom. The SMILES string of the molecule is CC(O)(CNCc1ccccc1O)c1ccccc1. The number of hydrogen-bond donors (Lipinski definition) is 3. The number of rotatable bonds is 5. The molecular formula is C16H19NO2. The van der Waals surface area contributed by atoms with Crippen LogP contribution in [0.25, 0.3) is 0 Å². The largest absolute Gasteiger partial charge is 0.508 e. The zero-order valence-corrected chi connectivity index (χ0v) is 11.0. The molecule has 0 fully saturated rings. The van der Waals surface area contributed by atoms with Gasteiger partial charge in [-0.2, -0.15) is 0 Å². The molecule has 0 radical (unpaired) electrons. The average Bonchev–Trinajstić information content (AvgIpc) is 2.42. The Morgan fingerprint density at radius 3 is 2.32 bits per heavy atom. The highest BCUT2D eigenvalue weighted by molar-refractivity contribution is 5.31. The van der Waals surface area contributed by atoms with Gasteiger partial charge in [0.2, 0.25) is 0 Å². The molecule has 100 valence electrons. The minimum absolute atomic E-state index is 0.273. The van der Waals surface area contributed by atoms with Crippen LogP contribution < -0.4 is 5.32 Å². The summed E-state index contributed by atoms with van der Waals surface area (Å²) < 4.78 is 0. The fraction of sp³-hybridized carbons (Fsp3) is 0.250. The van der Waals surface area contributed by atoms with Crippen molar-refractivity contribution in [3.05, 3.63) is 65.7 Å². The molecule has 0 aliphatic heterocycles. The Morgan fingerprint density at radius 1 is 1.00 bits per heavy atom. The van der Waals surface area contributed by atoms with Gasteiger partial charge in [-0.25, -0.2) is 0 Å². The van der Waals surface area contributed by atoms with Crippen molar-refractivity contribution in [3.8, 4) is 5.75 Å². The third-order valence-corrected chi connectivity index (χ3v) is 3.17. The number of nitrogens with one attached hydrogen (secondary N) is 1. The molecule has 0 bridgehead atoms. The van der Waals surface area contributed by atoms with Crippen molar-refractivity contribution in [1.29, 1.82) is 0 Å². The van der Waals surface area contributed by atoms with Crippen molar-refractivity contribution >= 4 is 0 Å². The third kappa shape index (κ3) is 3.56. The first kappa shape index (κ1) is 13.6. The lowest BCUT2D eigenvalue weighted by atomic mass is 9.96. The quantitative estimate of drug-likeness (QED) is 0.771. The average molecular weight is 257 g/mol. The number of benzene rings is 2. The number of hydrogen-bond acceptors (Lipinski definition) is 3. The Labute approximate surface area is 113 Å². The summed E-state index contributed by atoms with van der Waals surface area (Å²) in [5.74, 6) is 0.273. The van der Waals surface area contributed by atoms with Crippen molar-refractivity contribution in [2.24, 2.45) is 0 Å². The summed E-state index contributed by atoms with van der Waals surface area (Å²) in [6.07, 6.45) is 0. The van der Waals surface area contributed by atoms with Crippen LogP contribution in [-0.2, 0) is 12.1 Å². The van der Waals surface area contributed by atoms with E-state index in [0.29, 0.717) is 13.1 Å². The molecule has 3 heteroatoms. The second-order valence-electron chi connectivity index (χ2n) is 4.87. The van der Waals surface area contributed by atoms with Crippen LogP contribution in [0.5, 0.6) is 5.75 Å². The van der Waals surface area contributed by atoms with Crippen LogP contribution in [0.15, 0.2) is 54.6 Å². The molecule has 0 heterocycles. The summed E-state index contributed by atoms with van der Waals surface area (Å²) in [5, 5.41) is 23.2. The van der Waals surface area contributed by atoms with Crippen LogP contribution in [0.4, 0.5) is 0 Å². The van der Waals surface area contributed by atoms with Crippen LogP contribution >= 0.6 is 0 Å². The first-order chi connectivity index (χ1) is 9.09. The van der Waals surface area contributed by atoms with Gasteiger partial charge in [-0.05, 0) is 18.6 Å². The molecule has 3 N–H and O–H groups in total. The van der Waals surface area contributed by atoms with Gasteiger partial charge in [-0.3, -0.25) is 0 Å². The minimum Gasteiger partial charge on any atom is -0.508 e. The fourth-order valence-electron chi connectivity index (χ4n) is 2.00. The van der Waals surface area contributed by atoms with Crippen molar-refractivity contribution in [2.75, 3.05) is 6.54 Å². The molecule has 2 aromatic carbocycles. The number of phenols is 1. The molecule has 3 nitrogen and oxygen atoms in total. The number of para-hydroxylation sites is 1. The molecule has 1 atom stereocenters. The molecule has 0 spiro atoms. The van der Waals surface area contributed by atoms with Crippen LogP contribution in [0.1, 0.15) is 18.1 Å². The van der Waals surface area contributed by atoms with Gasteiger partial charge in [0.05, 0.1) is 5.60 Å². The Bertz CT molecular complexity index is 523. The van der Waals surface area contributed by atoms with Crippen LogP contribution in [0, 0.1) is 0 Å². The highest BCUT2D eigenvalue weighted by atomic mass is 16.3. The lowest BCUT2D eigenvalue weighted by Gasteiger charge is -2.24. The Balaban J connectivity index is 1.94. The molecule has 0 saturated carbocycles. The van der Waals surface area contributed by atoms with Gasteiger partial charge in [0.15, 0.2) is 0 Å². The van der Waals surface area contributed by atoms with Crippen LogP contribution in [0.2, 0.25) is 0 Å². The predicted octanol–water partition coefficient (Wildman–Crippen LogP) is 2.39. The smallest absolute Gasteiger partial charge is 0.120 e. The molecular weight excluding hydrogens is 238 g/mol. The van der Waals surface area contributed by atoms with E-state index in [0.717, 1.165) is 11.1 Å². The Hall–Kier alpha value is -1.84. The standard InChI is InChI=1S/C16H19NO2/c1-16(19,14-8-3-2-4-9-14)12-17-11-13-7-5-6-10-15(13)18/h2-10,17-19H,11-12H2,1H3. The summed E-state index contributed by atoms with van der Waals surface area (Å²) >= 11 is 0. The van der Waals surface area contributed by atoms with E-state index in [1.165, 1.54) is 0 Å². The molecule has 0 amide bonds. The summed E-state index contributed by atoms with van der Waals surface area (Å²) in [7, 11) is 0. The topological polar surface area (TPSA) is 52.5 Å². The zero-order valence-electron chi connectivity index (χ0n) is 11.0. The molecule has 0 aliphatic rings. The van der Waals surface area contributed by atoms with Gasteiger partial charge in [0.25, 0.3) is 0 Å². The number of phenolic OH excluding ortho intramolecular Hbond substituents is 1. The van der Waals surface area contributed by atoms with E-state index in [2.05, 4.69) is 5.32 Å². The highest BCUT2D eigenvalue weighted by Crippen LogP contribution is 2.20. The predicted molar refractivity (Wildman–Crippen MR) is 75.8 cm³/mol. The van der Waals surface area contributed by atoms with Gasteiger partial charge < -0.3 is 15.5 Å². The maximum atomic E-state index is 10.4. The summed E-state index contributed by atoms with van der Waals surface area (Å²) in [5.41, 5.74) is 0.775. The molecule has 1 unspecified atom stereocenters. The van der Waals surface area contributed by atoms with Crippen molar-refractivity contribution < 1.29 is 10.2 Å². The van der Waals surface area contributed by atoms with E-state index >= 15 is 0 Å². The van der Waals surface area contributed by atoms with Gasteiger partial charge in [0, 0.05) is 18.7 Å². The molecule has 0 aromatic heterocycles. The van der Waals surface area contributed by atoms with E-state index in [4.69, 9.17) is 0 Å². The summed E-state index contributed by atoms with van der Waals surface area (Å²) in [6.45, 7) is 2.72. The fourth-order valence-corrected chi connectivity index (χ4v) is 2.00. The van der Waals surface area contributed by atoms with E-state index in [1.54, 1.807) is 19.1 Å². The van der Waals surface area contributed by atoms with Gasteiger partial charge in [-0.15, -0.1) is 0 Å². The molecule has 0 saturated heterocycles. The molecule has 0 aliphatic carbocycles. The third-order valence-electron chi connectivity index (χ3n) is 3.17. The molecule has 2 aromatic rings. The number of aromatic hydroxyl groups is 1.